The zero-order valence-electron chi connectivity index (χ0n) is 6.29. The fourth-order valence-corrected chi connectivity index (χ4v) is 2.42. The Morgan fingerprint density at radius 1 is 1.73 bits per heavy atom. The Labute approximate surface area is 79.6 Å². The zero-order chi connectivity index (χ0) is 8.10. The number of aromatic nitrogens is 2. The van der Waals surface area contributed by atoms with E-state index in [0.29, 0.717) is 3.95 Å². The monoisotopic (exact) mass is 206 g/mol. The number of rotatable bonds is 4. The summed E-state index contributed by atoms with van der Waals surface area (Å²) in [6, 6.07) is 0. The highest BCUT2D eigenvalue weighted by atomic mass is 32.2. The maximum Gasteiger partial charge on any atom is 0.198 e. The van der Waals surface area contributed by atoms with Crippen molar-refractivity contribution in [2.24, 2.45) is 0 Å². The third kappa shape index (κ3) is 3.35. The molecule has 62 valence electrons. The lowest BCUT2D eigenvalue weighted by Crippen LogP contribution is -1.79. The first-order valence-corrected chi connectivity index (χ1v) is 5.72. The molecule has 1 N–H and O–H groups in total. The van der Waals surface area contributed by atoms with Crippen LogP contribution in [0.15, 0.2) is 5.16 Å². The van der Waals surface area contributed by atoms with Crippen LogP contribution in [0.2, 0.25) is 0 Å². The first-order chi connectivity index (χ1) is 5.33. The van der Waals surface area contributed by atoms with Crippen molar-refractivity contribution in [2.75, 3.05) is 5.75 Å². The van der Waals surface area contributed by atoms with E-state index in [1.807, 2.05) is 0 Å². The maximum atomic E-state index is 4.87. The molecule has 0 spiro atoms. The number of aromatic amines is 1. The fourth-order valence-electron chi connectivity index (χ4n) is 0.591. The van der Waals surface area contributed by atoms with Gasteiger partial charge in [0.1, 0.15) is 0 Å². The number of nitrogens with one attached hydrogen (secondary N) is 1. The molecule has 1 aromatic rings. The fraction of sp³-hybridized carbons (Fsp3) is 0.667. The van der Waals surface area contributed by atoms with Crippen molar-refractivity contribution in [3.8, 4) is 0 Å². The third-order valence-electron chi connectivity index (χ3n) is 1.16. The first-order valence-electron chi connectivity index (χ1n) is 3.51. The minimum Gasteiger partial charge on any atom is -0.287 e. The molecule has 0 atom stereocenters. The van der Waals surface area contributed by atoms with Crippen molar-refractivity contribution in [3.05, 3.63) is 3.95 Å². The van der Waals surface area contributed by atoms with Gasteiger partial charge in [0.2, 0.25) is 0 Å². The molecule has 1 heterocycles. The van der Waals surface area contributed by atoms with Crippen LogP contribution in [0.1, 0.15) is 19.8 Å². The second-order valence-corrected chi connectivity index (χ2v) is 4.61. The average molecular weight is 206 g/mol. The molecule has 0 amide bonds. The summed E-state index contributed by atoms with van der Waals surface area (Å²) in [5.74, 6) is 1.13. The number of nitrogens with zero attached hydrogens (tertiary/aromatic N) is 1. The number of H-pyrrole nitrogens is 1. The van der Waals surface area contributed by atoms with Crippen molar-refractivity contribution in [1.82, 2.24) is 9.36 Å². The van der Waals surface area contributed by atoms with Crippen molar-refractivity contribution >= 4 is 35.5 Å². The summed E-state index contributed by atoms with van der Waals surface area (Å²) in [6.07, 6.45) is 2.47. The predicted octanol–water partition coefficient (Wildman–Crippen LogP) is 3.09. The largest absolute Gasteiger partial charge is 0.287 e. The molecule has 1 aromatic heterocycles. The van der Waals surface area contributed by atoms with E-state index >= 15 is 0 Å². The molecule has 0 bridgehead atoms. The lowest BCUT2D eigenvalue weighted by Gasteiger charge is -1.92. The Morgan fingerprint density at radius 2 is 2.55 bits per heavy atom. The summed E-state index contributed by atoms with van der Waals surface area (Å²) in [5.41, 5.74) is 0. The van der Waals surface area contributed by atoms with Gasteiger partial charge in [-0.25, -0.2) is 4.98 Å². The van der Waals surface area contributed by atoms with E-state index in [4.69, 9.17) is 12.2 Å². The average Bonchev–Trinajstić information content (AvgIpc) is 2.37. The van der Waals surface area contributed by atoms with Gasteiger partial charge in [-0.15, -0.1) is 0 Å². The standard InChI is InChI=1S/C6H10N2S3/c1-2-3-4-10-5-7-6(9)11-8-5/h2-4H2,1H3,(H,7,8,9). The molecule has 0 saturated carbocycles. The second kappa shape index (κ2) is 4.90. The Hall–Kier alpha value is 0.130. The van der Waals surface area contributed by atoms with Gasteiger partial charge >= 0.3 is 0 Å². The van der Waals surface area contributed by atoms with Crippen molar-refractivity contribution in [1.29, 1.82) is 0 Å². The Kier molecular flexibility index (Phi) is 4.11. The van der Waals surface area contributed by atoms with Gasteiger partial charge in [0.15, 0.2) is 9.11 Å². The lowest BCUT2D eigenvalue weighted by molar-refractivity contribution is 0.893. The molecule has 0 aliphatic carbocycles. The van der Waals surface area contributed by atoms with Crippen LogP contribution in [0.3, 0.4) is 0 Å². The number of thioether (sulfide) groups is 1. The molecule has 0 aromatic carbocycles. The highest BCUT2D eigenvalue weighted by Gasteiger charge is 1.95. The number of hydrogen-bond donors (Lipinski definition) is 1. The van der Waals surface area contributed by atoms with Crippen LogP contribution >= 0.6 is 35.5 Å². The molecular weight excluding hydrogens is 196 g/mol. The number of unbranched alkanes of at least 4 members (excludes halogenated alkanes) is 1. The molecule has 0 unspecified atom stereocenters. The van der Waals surface area contributed by atoms with E-state index in [1.165, 1.54) is 24.4 Å². The molecule has 0 aliphatic rings. The molecular formula is C6H10N2S3. The van der Waals surface area contributed by atoms with Gasteiger partial charge in [0.05, 0.1) is 0 Å². The predicted molar refractivity (Wildman–Crippen MR) is 52.9 cm³/mol. The van der Waals surface area contributed by atoms with Gasteiger partial charge in [-0.05, 0) is 30.2 Å². The van der Waals surface area contributed by atoms with Crippen molar-refractivity contribution < 1.29 is 0 Å². The van der Waals surface area contributed by atoms with E-state index in [-0.39, 0.29) is 0 Å². The van der Waals surface area contributed by atoms with Gasteiger partial charge in [-0.1, -0.05) is 25.1 Å². The van der Waals surface area contributed by atoms with Gasteiger partial charge < -0.3 is 0 Å². The lowest BCUT2D eigenvalue weighted by atomic mass is 10.4. The SMILES string of the molecule is CCCCSc1nc(=S)s[nH]1. The van der Waals surface area contributed by atoms with Crippen LogP contribution in [-0.2, 0) is 0 Å². The summed E-state index contributed by atoms with van der Waals surface area (Å²) >= 11 is 8.04. The quantitative estimate of drug-likeness (QED) is 0.466. The van der Waals surface area contributed by atoms with E-state index in [1.54, 1.807) is 11.8 Å². The van der Waals surface area contributed by atoms with Crippen LogP contribution in [0, 0.1) is 3.95 Å². The molecule has 0 saturated heterocycles. The van der Waals surface area contributed by atoms with Gasteiger partial charge in [-0.2, -0.15) is 0 Å². The Morgan fingerprint density at radius 3 is 3.09 bits per heavy atom. The second-order valence-electron chi connectivity index (χ2n) is 2.09. The first kappa shape index (κ1) is 9.22. The van der Waals surface area contributed by atoms with Crippen LogP contribution < -0.4 is 0 Å². The summed E-state index contributed by atoms with van der Waals surface area (Å²) in [5, 5.41) is 0.966. The van der Waals surface area contributed by atoms with Crippen LogP contribution in [0.5, 0.6) is 0 Å². The molecule has 2 nitrogen and oxygen atoms in total. The van der Waals surface area contributed by atoms with Crippen LogP contribution in [-0.4, -0.2) is 15.1 Å². The van der Waals surface area contributed by atoms with Crippen LogP contribution in [0.4, 0.5) is 0 Å². The maximum absolute atomic E-state index is 4.87. The molecule has 11 heavy (non-hydrogen) atoms. The van der Waals surface area contributed by atoms with E-state index in [0.717, 1.165) is 10.9 Å². The number of hydrogen-bond acceptors (Lipinski definition) is 4. The minimum absolute atomic E-state index is 0.698. The molecule has 0 radical (unpaired) electrons. The molecule has 0 aliphatic heterocycles. The third-order valence-corrected chi connectivity index (χ3v) is 3.15. The normalized spacial score (nSPS) is 10.3. The summed E-state index contributed by atoms with van der Waals surface area (Å²) in [6.45, 7) is 2.18. The van der Waals surface area contributed by atoms with Crippen molar-refractivity contribution in [2.45, 2.75) is 24.9 Å². The van der Waals surface area contributed by atoms with Crippen molar-refractivity contribution in [3.63, 3.8) is 0 Å². The van der Waals surface area contributed by atoms with E-state index in [2.05, 4.69) is 16.3 Å². The van der Waals surface area contributed by atoms with Gasteiger partial charge in [0.25, 0.3) is 0 Å². The summed E-state index contributed by atoms with van der Waals surface area (Å²) < 4.78 is 3.75. The van der Waals surface area contributed by atoms with Gasteiger partial charge in [-0.3, -0.25) is 4.37 Å². The summed E-state index contributed by atoms with van der Waals surface area (Å²) in [7, 11) is 0. The Balaban J connectivity index is 2.33. The molecule has 5 heteroatoms. The summed E-state index contributed by atoms with van der Waals surface area (Å²) in [4.78, 5) is 4.12. The topological polar surface area (TPSA) is 28.7 Å². The smallest absolute Gasteiger partial charge is 0.198 e. The molecule has 0 fully saturated rings. The minimum atomic E-state index is 0.698. The molecule has 1 rings (SSSR count). The van der Waals surface area contributed by atoms with Gasteiger partial charge in [0, 0.05) is 5.75 Å². The highest BCUT2D eigenvalue weighted by molar-refractivity contribution is 7.99. The van der Waals surface area contributed by atoms with Crippen LogP contribution in [0.25, 0.3) is 0 Å². The zero-order valence-corrected chi connectivity index (χ0v) is 8.74. The Bertz CT molecular complexity index is 252. The highest BCUT2D eigenvalue weighted by Crippen LogP contribution is 2.15. The van der Waals surface area contributed by atoms with E-state index < -0.39 is 0 Å². The van der Waals surface area contributed by atoms with E-state index in [9.17, 15) is 0 Å².